The molecule has 2 aromatic rings. The molecule has 0 saturated heterocycles. The number of ether oxygens (including phenoxy) is 1. The monoisotopic (exact) mass is 391 g/mol. The Morgan fingerprint density at radius 2 is 1.78 bits per heavy atom. The molecule has 1 amide bonds. The minimum Gasteiger partial charge on any atom is -0.454 e. The van der Waals surface area contributed by atoms with Crippen LogP contribution in [-0.2, 0) is 9.53 Å². The lowest BCUT2D eigenvalue weighted by Crippen LogP contribution is -2.16. The molecule has 0 spiro atoms. The number of Topliss-reactive ketones (excluding diaryl/α,β-unsaturated/α-hetero) is 1. The van der Waals surface area contributed by atoms with Crippen LogP contribution in [0.5, 0.6) is 0 Å². The van der Waals surface area contributed by atoms with Gasteiger partial charge in [0.05, 0.1) is 5.56 Å². The molecule has 142 valence electrons. The van der Waals surface area contributed by atoms with Crippen LogP contribution in [0.3, 0.4) is 0 Å². The Labute approximate surface area is 161 Å². The molecule has 0 fully saturated rings. The number of benzene rings is 2. The van der Waals surface area contributed by atoms with Gasteiger partial charge in [-0.1, -0.05) is 25.4 Å². The lowest BCUT2D eigenvalue weighted by molar-refractivity contribution is -0.116. The van der Waals surface area contributed by atoms with Crippen molar-refractivity contribution in [3.05, 3.63) is 64.4 Å². The van der Waals surface area contributed by atoms with Crippen LogP contribution in [0.25, 0.3) is 0 Å². The molecule has 0 unspecified atom stereocenters. The largest absolute Gasteiger partial charge is 0.454 e. The van der Waals surface area contributed by atoms with E-state index in [1.807, 2.05) is 13.8 Å². The van der Waals surface area contributed by atoms with Crippen molar-refractivity contribution in [3.8, 4) is 0 Å². The summed E-state index contributed by atoms with van der Waals surface area (Å²) in [5, 5.41) is 2.89. The highest BCUT2D eigenvalue weighted by Crippen LogP contribution is 2.16. The first-order chi connectivity index (χ1) is 12.8. The third kappa shape index (κ3) is 6.18. The van der Waals surface area contributed by atoms with Crippen molar-refractivity contribution in [3.63, 3.8) is 0 Å². The van der Waals surface area contributed by atoms with Gasteiger partial charge in [-0.3, -0.25) is 9.59 Å². The van der Waals surface area contributed by atoms with Crippen molar-refractivity contribution in [1.29, 1.82) is 0 Å². The number of carbonyl (C=O) groups excluding carboxylic acids is 3. The standard InChI is InChI=1S/C20H19ClFNO4/c1-12(2)9-19(25)23-15-6-3-13(4-7-15)18(24)11-27-20(26)16-8-5-14(21)10-17(16)22/h3-8,10,12H,9,11H2,1-2H3,(H,23,25). The van der Waals surface area contributed by atoms with Gasteiger partial charge in [0, 0.05) is 22.7 Å². The fourth-order valence-electron chi connectivity index (χ4n) is 2.27. The Bertz CT molecular complexity index is 850. The minimum absolute atomic E-state index is 0.108. The normalized spacial score (nSPS) is 10.6. The Morgan fingerprint density at radius 1 is 1.11 bits per heavy atom. The van der Waals surface area contributed by atoms with Gasteiger partial charge in [0.15, 0.2) is 12.4 Å². The fourth-order valence-corrected chi connectivity index (χ4v) is 2.43. The first-order valence-electron chi connectivity index (χ1n) is 8.31. The maximum Gasteiger partial charge on any atom is 0.341 e. The predicted octanol–water partition coefficient (Wildman–Crippen LogP) is 4.50. The number of hydrogen-bond donors (Lipinski definition) is 1. The van der Waals surface area contributed by atoms with E-state index in [0.717, 1.165) is 6.07 Å². The zero-order valence-corrected chi connectivity index (χ0v) is 15.7. The van der Waals surface area contributed by atoms with E-state index in [2.05, 4.69) is 5.32 Å². The molecule has 0 bridgehead atoms. The van der Waals surface area contributed by atoms with Gasteiger partial charge in [0.2, 0.25) is 5.91 Å². The van der Waals surface area contributed by atoms with E-state index in [1.54, 1.807) is 12.1 Å². The average Bonchev–Trinajstić information content (AvgIpc) is 2.59. The third-order valence-electron chi connectivity index (χ3n) is 3.57. The van der Waals surface area contributed by atoms with E-state index < -0.39 is 24.2 Å². The van der Waals surface area contributed by atoms with E-state index in [1.165, 1.54) is 24.3 Å². The zero-order valence-electron chi connectivity index (χ0n) is 14.9. The van der Waals surface area contributed by atoms with Crippen LogP contribution in [-0.4, -0.2) is 24.3 Å². The molecule has 0 radical (unpaired) electrons. The molecular formula is C20H19ClFNO4. The first kappa shape index (κ1) is 20.6. The lowest BCUT2D eigenvalue weighted by atomic mass is 10.1. The number of anilines is 1. The van der Waals surface area contributed by atoms with Gasteiger partial charge in [-0.2, -0.15) is 0 Å². The predicted molar refractivity (Wildman–Crippen MR) is 101 cm³/mol. The summed E-state index contributed by atoms with van der Waals surface area (Å²) in [4.78, 5) is 35.7. The van der Waals surface area contributed by atoms with Crippen molar-refractivity contribution < 1.29 is 23.5 Å². The SMILES string of the molecule is CC(C)CC(=O)Nc1ccc(C(=O)COC(=O)c2ccc(Cl)cc2F)cc1. The highest BCUT2D eigenvalue weighted by Gasteiger charge is 2.16. The maximum absolute atomic E-state index is 13.7. The summed E-state index contributed by atoms with van der Waals surface area (Å²) in [6.45, 7) is 3.36. The number of carbonyl (C=O) groups is 3. The summed E-state index contributed by atoms with van der Waals surface area (Å²) >= 11 is 5.63. The van der Waals surface area contributed by atoms with Crippen molar-refractivity contribution in [2.45, 2.75) is 20.3 Å². The van der Waals surface area contributed by atoms with Crippen molar-refractivity contribution in [1.82, 2.24) is 0 Å². The summed E-state index contributed by atoms with van der Waals surface area (Å²) in [5.41, 5.74) is 0.578. The average molecular weight is 392 g/mol. The number of amides is 1. The summed E-state index contributed by atoms with van der Waals surface area (Å²) in [5.74, 6) is -2.08. The van der Waals surface area contributed by atoms with Crippen LogP contribution >= 0.6 is 11.6 Å². The fraction of sp³-hybridized carbons (Fsp3) is 0.250. The van der Waals surface area contributed by atoms with Crippen LogP contribution in [0.2, 0.25) is 5.02 Å². The molecule has 0 atom stereocenters. The van der Waals surface area contributed by atoms with Crippen LogP contribution in [0, 0.1) is 11.7 Å². The molecule has 5 nitrogen and oxygen atoms in total. The van der Waals surface area contributed by atoms with Crippen LogP contribution in [0.15, 0.2) is 42.5 Å². The molecule has 0 aliphatic carbocycles. The van der Waals surface area contributed by atoms with E-state index in [9.17, 15) is 18.8 Å². The Balaban J connectivity index is 1.92. The van der Waals surface area contributed by atoms with Gasteiger partial charge < -0.3 is 10.1 Å². The molecule has 0 heterocycles. The Kier molecular flexibility index (Phi) is 7.07. The number of esters is 1. The molecule has 0 saturated carbocycles. The summed E-state index contributed by atoms with van der Waals surface area (Å²) < 4.78 is 18.5. The molecule has 2 rings (SSSR count). The van der Waals surface area contributed by atoms with Crippen molar-refractivity contribution in [2.24, 2.45) is 5.92 Å². The summed E-state index contributed by atoms with van der Waals surface area (Å²) in [6.07, 6.45) is 0.401. The third-order valence-corrected chi connectivity index (χ3v) is 3.80. The van der Waals surface area contributed by atoms with Gasteiger partial charge in [0.25, 0.3) is 0 Å². The zero-order chi connectivity index (χ0) is 20.0. The number of halogens is 2. The lowest BCUT2D eigenvalue weighted by Gasteiger charge is -2.08. The molecule has 0 aliphatic heterocycles. The van der Waals surface area contributed by atoms with Gasteiger partial charge >= 0.3 is 5.97 Å². The van der Waals surface area contributed by atoms with Crippen LogP contribution < -0.4 is 5.32 Å². The van der Waals surface area contributed by atoms with Crippen LogP contribution in [0.1, 0.15) is 41.0 Å². The second-order valence-corrected chi connectivity index (χ2v) is 6.78. The van der Waals surface area contributed by atoms with E-state index in [4.69, 9.17) is 16.3 Å². The summed E-state index contributed by atoms with van der Waals surface area (Å²) in [6, 6.07) is 9.76. The number of rotatable bonds is 7. The Morgan fingerprint density at radius 3 is 2.37 bits per heavy atom. The van der Waals surface area contributed by atoms with Gasteiger partial charge in [-0.15, -0.1) is 0 Å². The number of nitrogens with one attached hydrogen (secondary N) is 1. The van der Waals surface area contributed by atoms with E-state index in [-0.39, 0.29) is 22.4 Å². The van der Waals surface area contributed by atoms with Crippen molar-refractivity contribution in [2.75, 3.05) is 11.9 Å². The summed E-state index contributed by atoms with van der Waals surface area (Å²) in [7, 11) is 0. The topological polar surface area (TPSA) is 72.5 Å². The maximum atomic E-state index is 13.7. The first-order valence-corrected chi connectivity index (χ1v) is 8.69. The Hall–Kier alpha value is -2.73. The number of hydrogen-bond acceptors (Lipinski definition) is 4. The molecule has 0 aromatic heterocycles. The van der Waals surface area contributed by atoms with Crippen molar-refractivity contribution >= 4 is 34.9 Å². The molecule has 1 N–H and O–H groups in total. The molecular weight excluding hydrogens is 373 g/mol. The molecule has 27 heavy (non-hydrogen) atoms. The minimum atomic E-state index is -0.949. The highest BCUT2D eigenvalue weighted by atomic mass is 35.5. The van der Waals surface area contributed by atoms with Crippen LogP contribution in [0.4, 0.5) is 10.1 Å². The van der Waals surface area contributed by atoms with Gasteiger partial charge in [-0.25, -0.2) is 9.18 Å². The molecule has 7 heteroatoms. The van der Waals surface area contributed by atoms with E-state index >= 15 is 0 Å². The second kappa shape index (κ2) is 9.28. The quantitative estimate of drug-likeness (QED) is 0.557. The highest BCUT2D eigenvalue weighted by molar-refractivity contribution is 6.30. The number of ketones is 1. The van der Waals surface area contributed by atoms with E-state index in [0.29, 0.717) is 17.7 Å². The second-order valence-electron chi connectivity index (χ2n) is 6.35. The smallest absolute Gasteiger partial charge is 0.341 e. The van der Waals surface area contributed by atoms with Gasteiger partial charge in [-0.05, 0) is 48.4 Å². The molecule has 0 aliphatic rings. The van der Waals surface area contributed by atoms with Gasteiger partial charge in [0.1, 0.15) is 5.82 Å². The molecule has 2 aromatic carbocycles.